The van der Waals surface area contributed by atoms with Crippen LogP contribution in [-0.4, -0.2) is 44.0 Å². The van der Waals surface area contributed by atoms with Gasteiger partial charge in [-0.2, -0.15) is 12.6 Å². The molecule has 0 heterocycles. The van der Waals surface area contributed by atoms with Gasteiger partial charge in [-0.25, -0.2) is 0 Å². The fourth-order valence-electron chi connectivity index (χ4n) is 1.28. The Balaban J connectivity index is 0. The summed E-state index contributed by atoms with van der Waals surface area (Å²) in [6.45, 7) is 10.5. The van der Waals surface area contributed by atoms with E-state index in [0.29, 0.717) is 12.1 Å². The lowest BCUT2D eigenvalue weighted by molar-refractivity contribution is 0.457. The number of hydrogen-bond donors (Lipinski definition) is 4. The number of terminal acetylenes is 1. The average Bonchev–Trinajstić information content (AvgIpc) is 2.32. The van der Waals surface area contributed by atoms with E-state index in [0.717, 1.165) is 31.9 Å². The van der Waals surface area contributed by atoms with Crippen molar-refractivity contribution in [1.29, 1.82) is 0 Å². The van der Waals surface area contributed by atoms with Crippen molar-refractivity contribution >= 4 is 12.6 Å². The molecule has 96 valence electrons. The fourth-order valence-corrected chi connectivity index (χ4v) is 1.54. The first-order valence-corrected chi connectivity index (χ1v) is 6.49. The van der Waals surface area contributed by atoms with Crippen LogP contribution < -0.4 is 16.0 Å². The van der Waals surface area contributed by atoms with Crippen LogP contribution in [0.1, 0.15) is 20.8 Å². The maximum Gasteiger partial charge on any atom is 0.0281 e. The Kier molecular flexibility index (Phi) is 16.8. The average molecular weight is 245 g/mol. The van der Waals surface area contributed by atoms with Gasteiger partial charge in [-0.05, 0) is 20.0 Å². The smallest absolute Gasteiger partial charge is 0.0281 e. The third-order valence-electron chi connectivity index (χ3n) is 2.13. The predicted octanol–water partition coefficient (Wildman–Crippen LogP) is 0.731. The Morgan fingerprint density at radius 2 is 1.69 bits per heavy atom. The van der Waals surface area contributed by atoms with Gasteiger partial charge in [0.2, 0.25) is 0 Å². The van der Waals surface area contributed by atoms with E-state index in [2.05, 4.69) is 62.2 Å². The minimum absolute atomic E-state index is 0.472. The van der Waals surface area contributed by atoms with E-state index in [4.69, 9.17) is 0 Å². The summed E-state index contributed by atoms with van der Waals surface area (Å²) in [5.74, 6) is 0.881. The Morgan fingerprint density at radius 3 is 2.12 bits per heavy atom. The highest BCUT2D eigenvalue weighted by Gasteiger charge is 2.06. The molecule has 0 radical (unpaired) electrons. The fraction of sp³-hybridized carbons (Fsp3) is 0.833. The molecule has 0 saturated carbocycles. The normalized spacial score (nSPS) is 13.6. The molecule has 0 aromatic rings. The van der Waals surface area contributed by atoms with Crippen molar-refractivity contribution in [3.8, 4) is 12.8 Å². The van der Waals surface area contributed by atoms with Crippen LogP contribution in [-0.2, 0) is 0 Å². The zero-order chi connectivity index (χ0) is 12.8. The summed E-state index contributed by atoms with van der Waals surface area (Å²) in [5.41, 5.74) is 0. The summed E-state index contributed by atoms with van der Waals surface area (Å²) in [4.78, 5) is 0. The second-order valence-electron chi connectivity index (χ2n) is 3.55. The minimum atomic E-state index is 0.472. The maximum absolute atomic E-state index is 4.32. The Labute approximate surface area is 107 Å². The lowest BCUT2D eigenvalue weighted by atomic mass is 10.2. The molecule has 3 nitrogen and oxygen atoms in total. The van der Waals surface area contributed by atoms with Crippen molar-refractivity contribution < 1.29 is 0 Å². The number of nitrogens with one attached hydrogen (secondary N) is 3. The molecular weight excluding hydrogens is 218 g/mol. The second kappa shape index (κ2) is 14.8. The van der Waals surface area contributed by atoms with Crippen molar-refractivity contribution in [3.05, 3.63) is 0 Å². The molecule has 0 aliphatic heterocycles. The van der Waals surface area contributed by atoms with Crippen molar-refractivity contribution in [2.24, 2.45) is 0 Å². The van der Waals surface area contributed by atoms with E-state index >= 15 is 0 Å². The van der Waals surface area contributed by atoms with Gasteiger partial charge >= 0.3 is 0 Å². The summed E-state index contributed by atoms with van der Waals surface area (Å²) >= 11 is 4.32. The first-order chi connectivity index (χ1) is 7.74. The van der Waals surface area contributed by atoms with Gasteiger partial charge in [0, 0.05) is 30.9 Å². The molecule has 0 aromatic heterocycles. The monoisotopic (exact) mass is 245 g/mol. The lowest BCUT2D eigenvalue weighted by Gasteiger charge is -2.20. The zero-order valence-corrected chi connectivity index (χ0v) is 11.7. The van der Waals surface area contributed by atoms with E-state index in [1.807, 2.05) is 0 Å². The summed E-state index contributed by atoms with van der Waals surface area (Å²) < 4.78 is 0. The molecule has 4 heteroatoms. The molecule has 0 fully saturated rings. The van der Waals surface area contributed by atoms with Crippen molar-refractivity contribution in [2.45, 2.75) is 32.9 Å². The summed E-state index contributed by atoms with van der Waals surface area (Å²) in [6, 6.07) is 1.00. The van der Waals surface area contributed by atoms with E-state index in [9.17, 15) is 0 Å². The van der Waals surface area contributed by atoms with Crippen LogP contribution in [0.3, 0.4) is 0 Å². The second-order valence-corrected chi connectivity index (χ2v) is 3.92. The summed E-state index contributed by atoms with van der Waals surface area (Å²) in [5, 5.41) is 10.2. The third-order valence-corrected chi connectivity index (χ3v) is 2.57. The molecule has 0 rings (SSSR count). The Morgan fingerprint density at radius 1 is 1.06 bits per heavy atom. The molecule has 3 N–H and O–H groups in total. The van der Waals surface area contributed by atoms with Crippen LogP contribution >= 0.6 is 12.6 Å². The molecule has 16 heavy (non-hydrogen) atoms. The quantitative estimate of drug-likeness (QED) is 0.357. The van der Waals surface area contributed by atoms with Gasteiger partial charge < -0.3 is 16.0 Å². The Bertz CT molecular complexity index is 150. The maximum atomic E-state index is 4.32. The zero-order valence-electron chi connectivity index (χ0n) is 10.8. The van der Waals surface area contributed by atoms with E-state index in [1.54, 1.807) is 0 Å². The molecule has 0 spiro atoms. The molecule has 0 bridgehead atoms. The molecule has 0 aliphatic carbocycles. The van der Waals surface area contributed by atoms with Crippen molar-refractivity contribution in [1.82, 2.24) is 16.0 Å². The van der Waals surface area contributed by atoms with E-state index in [-0.39, 0.29) is 0 Å². The molecule has 0 aliphatic rings. The number of thiol groups is 1. The number of rotatable bonds is 9. The molecule has 2 atom stereocenters. The van der Waals surface area contributed by atoms with Gasteiger partial charge in [-0.3, -0.25) is 0 Å². The summed E-state index contributed by atoms with van der Waals surface area (Å²) in [6.07, 6.45) is 8.00. The highest BCUT2D eigenvalue weighted by atomic mass is 32.1. The third kappa shape index (κ3) is 11.9. The van der Waals surface area contributed by atoms with E-state index < -0.39 is 0 Å². The van der Waals surface area contributed by atoms with Crippen molar-refractivity contribution in [2.75, 3.05) is 31.9 Å². The number of hydrogen-bond acceptors (Lipinski definition) is 4. The Hall–Kier alpha value is -0.210. The van der Waals surface area contributed by atoms with Crippen LogP contribution in [0.5, 0.6) is 0 Å². The largest absolute Gasteiger partial charge is 0.315 e. The first kappa shape index (κ1) is 18.2. The van der Waals surface area contributed by atoms with Crippen LogP contribution in [0.2, 0.25) is 0 Å². The van der Waals surface area contributed by atoms with Gasteiger partial charge in [-0.15, -0.1) is 12.8 Å². The topological polar surface area (TPSA) is 36.1 Å². The van der Waals surface area contributed by atoms with Gasteiger partial charge in [-0.1, -0.05) is 13.8 Å². The van der Waals surface area contributed by atoms with E-state index in [1.165, 1.54) is 0 Å². The minimum Gasteiger partial charge on any atom is -0.315 e. The van der Waals surface area contributed by atoms with Gasteiger partial charge in [0.15, 0.2) is 0 Å². The SMILES string of the molecule is C#C.CCNCC(CS)NCC(C)NCC. The van der Waals surface area contributed by atoms with Gasteiger partial charge in [0.1, 0.15) is 0 Å². The molecule has 0 saturated heterocycles. The lowest BCUT2D eigenvalue weighted by Crippen LogP contribution is -2.45. The predicted molar refractivity (Wildman–Crippen MR) is 77.2 cm³/mol. The van der Waals surface area contributed by atoms with Crippen LogP contribution in [0.4, 0.5) is 0 Å². The standard InChI is InChI=1S/C10H25N3S.C2H2/c1-4-11-7-10(8-14)13-6-9(3)12-5-2;1-2/h9-14H,4-8H2,1-3H3;1-2H. The summed E-state index contributed by atoms with van der Waals surface area (Å²) in [7, 11) is 0. The highest BCUT2D eigenvalue weighted by molar-refractivity contribution is 7.80. The first-order valence-electron chi connectivity index (χ1n) is 5.86. The van der Waals surface area contributed by atoms with Gasteiger partial charge in [0.25, 0.3) is 0 Å². The molecule has 0 amide bonds. The number of likely N-dealkylation sites (N-methyl/N-ethyl adjacent to an activating group) is 2. The van der Waals surface area contributed by atoms with Crippen LogP contribution in [0.15, 0.2) is 0 Å². The molecular formula is C12H27N3S. The van der Waals surface area contributed by atoms with Crippen molar-refractivity contribution in [3.63, 3.8) is 0 Å². The molecule has 2 unspecified atom stereocenters. The highest BCUT2D eigenvalue weighted by Crippen LogP contribution is 1.87. The van der Waals surface area contributed by atoms with Crippen LogP contribution in [0, 0.1) is 12.8 Å². The molecule has 0 aromatic carbocycles. The van der Waals surface area contributed by atoms with Gasteiger partial charge in [0.05, 0.1) is 0 Å². The van der Waals surface area contributed by atoms with Crippen LogP contribution in [0.25, 0.3) is 0 Å².